The normalized spacial score (nSPS) is 19.6. The minimum absolute atomic E-state index is 0.128. The number of hydrogen-bond acceptors (Lipinski definition) is 2. The zero-order chi connectivity index (χ0) is 14.5. The third kappa shape index (κ3) is 3.57. The Kier molecular flexibility index (Phi) is 4.73. The number of carbonyl (C=O) groups excluding carboxylic acids is 1. The van der Waals surface area contributed by atoms with Crippen molar-refractivity contribution >= 4 is 5.91 Å². The summed E-state index contributed by atoms with van der Waals surface area (Å²) in [7, 11) is 0. The Balaban J connectivity index is 2.10. The second-order valence-corrected chi connectivity index (χ2v) is 5.38. The lowest BCUT2D eigenvalue weighted by Gasteiger charge is -2.21. The fraction of sp³-hybridized carbons (Fsp3) is 0.500. The molecule has 2 rings (SSSR count). The number of likely N-dealkylation sites (tertiary alicyclic amines) is 1. The van der Waals surface area contributed by atoms with Crippen LogP contribution in [0.25, 0.3) is 0 Å². The lowest BCUT2D eigenvalue weighted by molar-refractivity contribution is -0.131. The predicted molar refractivity (Wildman–Crippen MR) is 74.2 cm³/mol. The molecule has 0 aromatic heterocycles. The van der Waals surface area contributed by atoms with Crippen LogP contribution in [-0.2, 0) is 11.3 Å². The van der Waals surface area contributed by atoms with E-state index in [0.717, 1.165) is 25.8 Å². The van der Waals surface area contributed by atoms with Gasteiger partial charge in [-0.25, -0.2) is 4.39 Å². The Bertz CT molecular complexity index is 536. The fourth-order valence-electron chi connectivity index (χ4n) is 2.70. The third-order valence-electron chi connectivity index (χ3n) is 3.96. The Hall–Kier alpha value is -1.89. The van der Waals surface area contributed by atoms with Crippen LogP contribution in [0.15, 0.2) is 18.2 Å². The highest BCUT2D eigenvalue weighted by atomic mass is 19.1. The smallest absolute Gasteiger partial charge is 0.222 e. The first kappa shape index (κ1) is 14.5. The molecule has 0 bridgehead atoms. The first-order valence-corrected chi connectivity index (χ1v) is 7.09. The number of benzene rings is 1. The van der Waals surface area contributed by atoms with Gasteiger partial charge in [-0.3, -0.25) is 4.79 Å². The van der Waals surface area contributed by atoms with Crippen LogP contribution in [0.3, 0.4) is 0 Å². The van der Waals surface area contributed by atoms with E-state index in [9.17, 15) is 9.18 Å². The molecule has 0 saturated carbocycles. The van der Waals surface area contributed by atoms with Gasteiger partial charge in [-0.05, 0) is 42.5 Å². The molecule has 0 spiro atoms. The van der Waals surface area contributed by atoms with Crippen LogP contribution in [0, 0.1) is 23.1 Å². The summed E-state index contributed by atoms with van der Waals surface area (Å²) in [5, 5.41) is 8.86. The van der Waals surface area contributed by atoms with Gasteiger partial charge in [0.15, 0.2) is 0 Å². The number of carbonyl (C=O) groups is 1. The lowest BCUT2D eigenvalue weighted by atomic mass is 9.98. The van der Waals surface area contributed by atoms with Gasteiger partial charge in [-0.2, -0.15) is 5.26 Å². The third-order valence-corrected chi connectivity index (χ3v) is 3.96. The van der Waals surface area contributed by atoms with E-state index in [2.05, 4.69) is 6.92 Å². The molecule has 4 heteroatoms. The fourth-order valence-corrected chi connectivity index (χ4v) is 2.70. The molecule has 0 aliphatic carbocycles. The van der Waals surface area contributed by atoms with Crippen LogP contribution < -0.4 is 0 Å². The topological polar surface area (TPSA) is 44.1 Å². The van der Waals surface area contributed by atoms with Gasteiger partial charge < -0.3 is 4.90 Å². The largest absolute Gasteiger partial charge is 0.338 e. The summed E-state index contributed by atoms with van der Waals surface area (Å²) < 4.78 is 13.4. The Morgan fingerprint density at radius 1 is 1.40 bits per heavy atom. The average molecular weight is 274 g/mol. The lowest BCUT2D eigenvalue weighted by Crippen LogP contribution is -2.29. The Morgan fingerprint density at radius 2 is 2.20 bits per heavy atom. The second kappa shape index (κ2) is 6.51. The Morgan fingerprint density at radius 3 is 2.90 bits per heavy atom. The van der Waals surface area contributed by atoms with E-state index in [4.69, 9.17) is 5.26 Å². The van der Waals surface area contributed by atoms with E-state index in [1.807, 2.05) is 6.07 Å². The summed E-state index contributed by atoms with van der Waals surface area (Å²) in [6, 6.07) is 6.20. The molecule has 1 heterocycles. The number of rotatable bonds is 3. The van der Waals surface area contributed by atoms with Crippen molar-refractivity contribution in [3.8, 4) is 6.07 Å². The van der Waals surface area contributed by atoms with Crippen LogP contribution in [0.2, 0.25) is 0 Å². The minimum atomic E-state index is -0.423. The van der Waals surface area contributed by atoms with Gasteiger partial charge in [0.1, 0.15) is 5.82 Å². The minimum Gasteiger partial charge on any atom is -0.338 e. The number of amides is 1. The van der Waals surface area contributed by atoms with Gasteiger partial charge in [0, 0.05) is 19.5 Å². The van der Waals surface area contributed by atoms with Gasteiger partial charge in [-0.15, -0.1) is 0 Å². The molecule has 1 atom stereocenters. The van der Waals surface area contributed by atoms with Crippen molar-refractivity contribution in [1.82, 2.24) is 4.90 Å². The highest BCUT2D eigenvalue weighted by Crippen LogP contribution is 2.22. The van der Waals surface area contributed by atoms with Crippen molar-refractivity contribution in [1.29, 1.82) is 5.26 Å². The van der Waals surface area contributed by atoms with Crippen LogP contribution >= 0.6 is 0 Å². The molecule has 1 aromatic carbocycles. The van der Waals surface area contributed by atoms with Gasteiger partial charge in [-0.1, -0.05) is 13.3 Å². The molecule has 1 aliphatic rings. The zero-order valence-corrected chi connectivity index (χ0v) is 11.7. The summed E-state index contributed by atoms with van der Waals surface area (Å²) >= 11 is 0. The number of nitriles is 1. The summed E-state index contributed by atoms with van der Waals surface area (Å²) in [5.41, 5.74) is 0.985. The summed E-state index contributed by atoms with van der Waals surface area (Å²) in [5.74, 6) is 0.308. The monoisotopic (exact) mass is 274 g/mol. The molecule has 0 N–H and O–H groups in total. The predicted octanol–water partition coefficient (Wildman–Crippen LogP) is 3.24. The standard InChI is InChI=1S/C16H19FN2O/c1-2-12-3-4-16(20)19(6-5-12)11-14-7-13(10-18)8-15(17)9-14/h7-9,12H,2-6,11H2,1H3. The van der Waals surface area contributed by atoms with Crippen molar-refractivity contribution in [3.63, 3.8) is 0 Å². The maximum absolute atomic E-state index is 13.4. The molecule has 1 aliphatic heterocycles. The van der Waals surface area contributed by atoms with Gasteiger partial charge >= 0.3 is 0 Å². The average Bonchev–Trinajstić information content (AvgIpc) is 2.61. The SMILES string of the molecule is CCC1CCC(=O)N(Cc2cc(F)cc(C#N)c2)CC1. The number of halogens is 1. The second-order valence-electron chi connectivity index (χ2n) is 5.38. The van der Waals surface area contributed by atoms with Crippen molar-refractivity contribution in [3.05, 3.63) is 35.1 Å². The molecule has 1 unspecified atom stereocenters. The van der Waals surface area contributed by atoms with Crippen molar-refractivity contribution in [2.45, 2.75) is 39.2 Å². The Labute approximate surface area is 119 Å². The number of hydrogen-bond donors (Lipinski definition) is 0. The highest BCUT2D eigenvalue weighted by Gasteiger charge is 2.21. The molecule has 1 amide bonds. The number of nitrogens with zero attached hydrogens (tertiary/aromatic N) is 2. The van der Waals surface area contributed by atoms with Crippen LogP contribution in [-0.4, -0.2) is 17.4 Å². The molecule has 20 heavy (non-hydrogen) atoms. The first-order valence-electron chi connectivity index (χ1n) is 7.09. The highest BCUT2D eigenvalue weighted by molar-refractivity contribution is 5.76. The van der Waals surface area contributed by atoms with Crippen molar-refractivity contribution < 1.29 is 9.18 Å². The molecule has 1 fully saturated rings. The van der Waals surface area contributed by atoms with Gasteiger partial charge in [0.05, 0.1) is 11.6 Å². The summed E-state index contributed by atoms with van der Waals surface area (Å²) in [4.78, 5) is 13.9. The van der Waals surface area contributed by atoms with E-state index >= 15 is 0 Å². The van der Waals surface area contributed by atoms with Crippen LogP contribution in [0.1, 0.15) is 43.7 Å². The maximum atomic E-state index is 13.4. The molecule has 1 aromatic rings. The van der Waals surface area contributed by atoms with Crippen molar-refractivity contribution in [2.75, 3.05) is 6.54 Å². The summed E-state index contributed by atoms with van der Waals surface area (Å²) in [6.07, 6.45) is 3.61. The summed E-state index contributed by atoms with van der Waals surface area (Å²) in [6.45, 7) is 3.26. The van der Waals surface area contributed by atoms with E-state index in [1.165, 1.54) is 12.1 Å². The molecular weight excluding hydrogens is 255 g/mol. The molecule has 3 nitrogen and oxygen atoms in total. The van der Waals surface area contributed by atoms with Crippen molar-refractivity contribution in [2.24, 2.45) is 5.92 Å². The van der Waals surface area contributed by atoms with E-state index in [1.54, 1.807) is 11.0 Å². The van der Waals surface area contributed by atoms with E-state index in [0.29, 0.717) is 30.0 Å². The van der Waals surface area contributed by atoms with Gasteiger partial charge in [0.25, 0.3) is 0 Å². The van der Waals surface area contributed by atoms with Gasteiger partial charge in [0.2, 0.25) is 5.91 Å². The molecule has 0 radical (unpaired) electrons. The van der Waals surface area contributed by atoms with E-state index in [-0.39, 0.29) is 5.91 Å². The van der Waals surface area contributed by atoms with E-state index < -0.39 is 5.82 Å². The molecule has 1 saturated heterocycles. The zero-order valence-electron chi connectivity index (χ0n) is 11.7. The quantitative estimate of drug-likeness (QED) is 0.849. The molecule has 106 valence electrons. The maximum Gasteiger partial charge on any atom is 0.222 e. The first-order chi connectivity index (χ1) is 9.62. The van der Waals surface area contributed by atoms with Crippen LogP contribution in [0.4, 0.5) is 4.39 Å². The molecular formula is C16H19FN2O. The van der Waals surface area contributed by atoms with Crippen LogP contribution in [0.5, 0.6) is 0 Å².